The summed E-state index contributed by atoms with van der Waals surface area (Å²) in [6, 6.07) is 13.3. The number of amides is 2. The van der Waals surface area contributed by atoms with Crippen LogP contribution in [0, 0.1) is 0 Å². The highest BCUT2D eigenvalue weighted by Gasteiger charge is 2.34. The van der Waals surface area contributed by atoms with E-state index in [1.54, 1.807) is 18.2 Å². The Kier molecular flexibility index (Phi) is 8.50. The van der Waals surface area contributed by atoms with Crippen LogP contribution in [-0.2, 0) is 26.2 Å². The second-order valence-corrected chi connectivity index (χ2v) is 11.8. The van der Waals surface area contributed by atoms with Crippen molar-refractivity contribution in [1.29, 1.82) is 0 Å². The van der Waals surface area contributed by atoms with E-state index in [0.717, 1.165) is 9.87 Å². The van der Waals surface area contributed by atoms with Gasteiger partial charge in [0.2, 0.25) is 28.6 Å². The number of anilines is 1. The van der Waals surface area contributed by atoms with Gasteiger partial charge in [-0.2, -0.15) is 0 Å². The Balaban J connectivity index is 1.97. The van der Waals surface area contributed by atoms with Crippen molar-refractivity contribution < 1.29 is 27.5 Å². The molecule has 1 aliphatic rings. The van der Waals surface area contributed by atoms with Gasteiger partial charge >= 0.3 is 0 Å². The van der Waals surface area contributed by atoms with Crippen molar-refractivity contribution in [3.8, 4) is 11.5 Å². The van der Waals surface area contributed by atoms with Crippen molar-refractivity contribution >= 4 is 27.5 Å². The SMILES string of the molecule is CCC(C(=O)NC(C)(C)C)N(Cc1ccccc1)C(=O)CN(c1ccc2c(c1)OCO2)S(=O)(=O)CC. The molecule has 36 heavy (non-hydrogen) atoms. The second-order valence-electron chi connectivity index (χ2n) is 9.62. The summed E-state index contributed by atoms with van der Waals surface area (Å²) in [7, 11) is -3.82. The van der Waals surface area contributed by atoms with Crippen LogP contribution in [-0.4, -0.2) is 55.8 Å². The minimum Gasteiger partial charge on any atom is -0.454 e. The van der Waals surface area contributed by atoms with Crippen LogP contribution in [0.4, 0.5) is 5.69 Å². The number of hydrogen-bond acceptors (Lipinski definition) is 6. The molecule has 10 heteroatoms. The van der Waals surface area contributed by atoms with Crippen LogP contribution in [0.5, 0.6) is 11.5 Å². The van der Waals surface area contributed by atoms with Crippen LogP contribution >= 0.6 is 0 Å². The zero-order valence-electron chi connectivity index (χ0n) is 21.5. The fraction of sp³-hybridized carbons (Fsp3) is 0.462. The van der Waals surface area contributed by atoms with E-state index < -0.39 is 34.1 Å². The number of benzene rings is 2. The molecule has 0 spiro atoms. The van der Waals surface area contributed by atoms with Gasteiger partial charge in [0.05, 0.1) is 11.4 Å². The zero-order valence-corrected chi connectivity index (χ0v) is 22.3. The number of carbonyl (C=O) groups is 2. The molecule has 2 aromatic rings. The number of sulfonamides is 1. The smallest absolute Gasteiger partial charge is 0.244 e. The quantitative estimate of drug-likeness (QED) is 0.519. The molecule has 0 saturated carbocycles. The van der Waals surface area contributed by atoms with Gasteiger partial charge in [0.1, 0.15) is 12.6 Å². The van der Waals surface area contributed by atoms with Crippen LogP contribution in [0.2, 0.25) is 0 Å². The lowest BCUT2D eigenvalue weighted by Crippen LogP contribution is -2.55. The number of nitrogens with zero attached hydrogens (tertiary/aromatic N) is 2. The Morgan fingerprint density at radius 2 is 1.69 bits per heavy atom. The molecule has 1 unspecified atom stereocenters. The van der Waals surface area contributed by atoms with E-state index >= 15 is 0 Å². The monoisotopic (exact) mass is 517 g/mol. The lowest BCUT2D eigenvalue weighted by atomic mass is 10.1. The minimum absolute atomic E-state index is 0.0458. The van der Waals surface area contributed by atoms with Crippen molar-refractivity contribution in [2.45, 2.75) is 59.2 Å². The minimum atomic E-state index is -3.82. The van der Waals surface area contributed by atoms with Gasteiger partial charge in [-0.3, -0.25) is 13.9 Å². The molecule has 0 aromatic heterocycles. The Morgan fingerprint density at radius 3 is 2.31 bits per heavy atom. The first kappa shape index (κ1) is 27.3. The summed E-state index contributed by atoms with van der Waals surface area (Å²) in [6.07, 6.45) is 0.366. The normalized spacial score (nSPS) is 13.7. The van der Waals surface area contributed by atoms with Crippen LogP contribution in [0.15, 0.2) is 48.5 Å². The molecule has 2 amide bonds. The molecule has 0 fully saturated rings. The van der Waals surface area contributed by atoms with Crippen molar-refractivity contribution in [3.05, 3.63) is 54.1 Å². The summed E-state index contributed by atoms with van der Waals surface area (Å²) in [6.45, 7) is 8.72. The maximum Gasteiger partial charge on any atom is 0.244 e. The standard InChI is InChI=1S/C26H35N3O6S/c1-6-21(25(31)27-26(3,4)5)28(16-19-11-9-8-10-12-19)24(30)17-29(36(32,33)7-2)20-13-14-22-23(15-20)35-18-34-22/h8-15,21H,6-7,16-18H2,1-5H3,(H,27,31). The van der Waals surface area contributed by atoms with Crippen molar-refractivity contribution in [2.24, 2.45) is 0 Å². The van der Waals surface area contributed by atoms with E-state index in [4.69, 9.17) is 9.47 Å². The Hall–Kier alpha value is -3.27. The number of hydrogen-bond donors (Lipinski definition) is 1. The van der Waals surface area contributed by atoms with Crippen LogP contribution in [0.1, 0.15) is 46.6 Å². The summed E-state index contributed by atoms with van der Waals surface area (Å²) >= 11 is 0. The second kappa shape index (κ2) is 11.2. The lowest BCUT2D eigenvalue weighted by Gasteiger charge is -2.34. The lowest BCUT2D eigenvalue weighted by molar-refractivity contribution is -0.141. The first-order chi connectivity index (χ1) is 16.9. The molecule has 0 saturated heterocycles. The summed E-state index contributed by atoms with van der Waals surface area (Å²) in [5.41, 5.74) is 0.637. The first-order valence-electron chi connectivity index (χ1n) is 12.0. The first-order valence-corrected chi connectivity index (χ1v) is 13.6. The molecule has 9 nitrogen and oxygen atoms in total. The Labute approximate surface area is 213 Å². The van der Waals surface area contributed by atoms with Gasteiger partial charge in [-0.25, -0.2) is 8.42 Å². The summed E-state index contributed by atoms with van der Waals surface area (Å²) in [5, 5.41) is 2.95. The van der Waals surface area contributed by atoms with Gasteiger partial charge in [0.15, 0.2) is 11.5 Å². The molecule has 0 aliphatic carbocycles. The molecule has 0 bridgehead atoms. The molecular weight excluding hydrogens is 482 g/mol. The predicted molar refractivity (Wildman–Crippen MR) is 138 cm³/mol. The van der Waals surface area contributed by atoms with Crippen LogP contribution in [0.3, 0.4) is 0 Å². The van der Waals surface area contributed by atoms with E-state index in [0.29, 0.717) is 23.6 Å². The number of carbonyl (C=O) groups excluding carboxylic acids is 2. The summed E-state index contributed by atoms with van der Waals surface area (Å²) in [5.74, 6) is -0.0515. The van der Waals surface area contributed by atoms with Gasteiger partial charge < -0.3 is 19.7 Å². The highest BCUT2D eigenvalue weighted by atomic mass is 32.2. The van der Waals surface area contributed by atoms with E-state index in [1.807, 2.05) is 58.0 Å². The molecule has 1 aliphatic heterocycles. The fourth-order valence-electron chi connectivity index (χ4n) is 3.91. The number of ether oxygens (including phenoxy) is 2. The molecule has 1 N–H and O–H groups in total. The number of nitrogens with one attached hydrogen (secondary N) is 1. The fourth-order valence-corrected chi connectivity index (χ4v) is 4.97. The van der Waals surface area contributed by atoms with E-state index in [-0.39, 0.29) is 25.0 Å². The third kappa shape index (κ3) is 6.69. The van der Waals surface area contributed by atoms with E-state index in [1.165, 1.54) is 11.8 Å². The Morgan fingerprint density at radius 1 is 1.03 bits per heavy atom. The number of fused-ring (bicyclic) bond motifs is 1. The third-order valence-electron chi connectivity index (χ3n) is 5.70. The molecule has 1 atom stereocenters. The zero-order chi connectivity index (χ0) is 26.5. The van der Waals surface area contributed by atoms with E-state index in [9.17, 15) is 18.0 Å². The van der Waals surface area contributed by atoms with Gasteiger partial charge in [0.25, 0.3) is 0 Å². The van der Waals surface area contributed by atoms with Gasteiger partial charge in [-0.15, -0.1) is 0 Å². The van der Waals surface area contributed by atoms with Crippen LogP contribution < -0.4 is 19.1 Å². The average Bonchev–Trinajstić information content (AvgIpc) is 3.29. The van der Waals surface area contributed by atoms with Crippen molar-refractivity contribution in [1.82, 2.24) is 10.2 Å². The Bertz CT molecular complexity index is 1180. The highest BCUT2D eigenvalue weighted by molar-refractivity contribution is 7.92. The van der Waals surface area contributed by atoms with Gasteiger partial charge in [0, 0.05) is 18.2 Å². The van der Waals surface area contributed by atoms with E-state index in [2.05, 4.69) is 5.32 Å². The summed E-state index contributed by atoms with van der Waals surface area (Å²) < 4.78 is 38.0. The molecule has 2 aromatic carbocycles. The summed E-state index contributed by atoms with van der Waals surface area (Å²) in [4.78, 5) is 28.4. The average molecular weight is 518 g/mol. The van der Waals surface area contributed by atoms with Crippen molar-refractivity contribution in [2.75, 3.05) is 23.4 Å². The van der Waals surface area contributed by atoms with Gasteiger partial charge in [-0.05, 0) is 51.8 Å². The largest absolute Gasteiger partial charge is 0.454 e. The number of rotatable bonds is 10. The molecule has 3 rings (SSSR count). The molecule has 196 valence electrons. The van der Waals surface area contributed by atoms with Crippen molar-refractivity contribution in [3.63, 3.8) is 0 Å². The predicted octanol–water partition coefficient (Wildman–Crippen LogP) is 3.29. The topological polar surface area (TPSA) is 105 Å². The maximum absolute atomic E-state index is 13.8. The molecule has 1 heterocycles. The highest BCUT2D eigenvalue weighted by Crippen LogP contribution is 2.36. The molecular formula is C26H35N3O6S. The third-order valence-corrected chi connectivity index (χ3v) is 7.44. The molecule has 0 radical (unpaired) electrons. The van der Waals surface area contributed by atoms with Gasteiger partial charge in [-0.1, -0.05) is 37.3 Å². The van der Waals surface area contributed by atoms with Crippen LogP contribution in [0.25, 0.3) is 0 Å². The maximum atomic E-state index is 13.8.